The molecule has 1 heterocycles. The molecule has 0 aliphatic rings. The van der Waals surface area contributed by atoms with Gasteiger partial charge < -0.3 is 10.5 Å². The highest BCUT2D eigenvalue weighted by Gasteiger charge is 2.01. The summed E-state index contributed by atoms with van der Waals surface area (Å²) in [5, 5.41) is 0. The molecule has 1 aromatic rings. The molecule has 3 heteroatoms. The van der Waals surface area contributed by atoms with Gasteiger partial charge in [-0.3, -0.25) is 0 Å². The summed E-state index contributed by atoms with van der Waals surface area (Å²) in [5.41, 5.74) is 7.27. The summed E-state index contributed by atoms with van der Waals surface area (Å²) < 4.78 is 5.23. The molecule has 0 spiro atoms. The van der Waals surface area contributed by atoms with Gasteiger partial charge in [0.15, 0.2) is 0 Å². The Bertz CT molecular complexity index is 248. The van der Waals surface area contributed by atoms with E-state index in [1.807, 2.05) is 13.8 Å². The molecule has 3 nitrogen and oxygen atoms in total. The predicted octanol–water partition coefficient (Wildman–Crippen LogP) is 1.37. The topological polar surface area (TPSA) is 48.1 Å². The molecule has 1 rings (SSSR count). The molecule has 2 N–H and O–H groups in total. The number of anilines is 1. The highest BCUT2D eigenvalue weighted by atomic mass is 16.5. The monoisotopic (exact) mass is 152 g/mol. The number of hydrogen-bond acceptors (Lipinski definition) is 3. The third kappa shape index (κ3) is 1.61. The molecule has 0 atom stereocenters. The molecule has 0 saturated heterocycles. The number of ether oxygens (including phenoxy) is 1. The minimum absolute atomic E-state index is 0.622. The van der Waals surface area contributed by atoms with Gasteiger partial charge in [0.05, 0.1) is 6.61 Å². The van der Waals surface area contributed by atoms with E-state index in [0.717, 1.165) is 11.3 Å². The van der Waals surface area contributed by atoms with Gasteiger partial charge in [0.25, 0.3) is 0 Å². The summed E-state index contributed by atoms with van der Waals surface area (Å²) >= 11 is 0. The van der Waals surface area contributed by atoms with Crippen molar-refractivity contribution in [2.45, 2.75) is 13.8 Å². The molecule has 0 aromatic carbocycles. The lowest BCUT2D eigenvalue weighted by atomic mass is 10.2. The van der Waals surface area contributed by atoms with Crippen molar-refractivity contribution in [1.29, 1.82) is 0 Å². The molecule has 0 fully saturated rings. The van der Waals surface area contributed by atoms with E-state index in [2.05, 4.69) is 4.98 Å². The van der Waals surface area contributed by atoms with Gasteiger partial charge in [-0.15, -0.1) is 0 Å². The summed E-state index contributed by atoms with van der Waals surface area (Å²) in [6.07, 6.45) is 1.65. The van der Waals surface area contributed by atoms with Gasteiger partial charge in [0.2, 0.25) is 5.88 Å². The Hall–Kier alpha value is -1.25. The Morgan fingerprint density at radius 3 is 3.00 bits per heavy atom. The Kier molecular flexibility index (Phi) is 2.31. The number of pyridine rings is 1. The number of nitrogens with two attached hydrogens (primary N) is 1. The van der Waals surface area contributed by atoms with Crippen LogP contribution in [0.1, 0.15) is 12.5 Å². The van der Waals surface area contributed by atoms with Gasteiger partial charge in [-0.1, -0.05) is 0 Å². The van der Waals surface area contributed by atoms with Gasteiger partial charge in [-0.05, 0) is 19.9 Å². The number of hydrogen-bond donors (Lipinski definition) is 1. The van der Waals surface area contributed by atoms with Crippen LogP contribution >= 0.6 is 0 Å². The molecule has 0 bridgehead atoms. The van der Waals surface area contributed by atoms with Crippen molar-refractivity contribution < 1.29 is 4.74 Å². The number of nitrogen functional groups attached to an aromatic ring is 1. The second-order valence-electron chi connectivity index (χ2n) is 2.26. The average Bonchev–Trinajstić information content (AvgIpc) is 1.99. The zero-order valence-corrected chi connectivity index (χ0v) is 6.79. The molecule has 60 valence electrons. The maximum Gasteiger partial charge on any atom is 0.218 e. The van der Waals surface area contributed by atoms with Crippen LogP contribution in [0.4, 0.5) is 5.69 Å². The summed E-state index contributed by atoms with van der Waals surface area (Å²) in [5.74, 6) is 0.632. The lowest BCUT2D eigenvalue weighted by Crippen LogP contribution is -1.99. The smallest absolute Gasteiger partial charge is 0.218 e. The third-order valence-corrected chi connectivity index (χ3v) is 1.48. The fourth-order valence-electron chi connectivity index (χ4n) is 0.813. The zero-order chi connectivity index (χ0) is 8.27. The van der Waals surface area contributed by atoms with Crippen molar-refractivity contribution in [1.82, 2.24) is 4.98 Å². The quantitative estimate of drug-likeness (QED) is 0.696. The van der Waals surface area contributed by atoms with Crippen molar-refractivity contribution in [3.63, 3.8) is 0 Å². The molecule has 0 saturated carbocycles. The Balaban J connectivity index is 2.96. The highest BCUT2D eigenvalue weighted by molar-refractivity contribution is 5.49. The summed E-state index contributed by atoms with van der Waals surface area (Å²) in [6.45, 7) is 4.44. The van der Waals surface area contributed by atoms with Gasteiger partial charge in [-0.2, -0.15) is 0 Å². The van der Waals surface area contributed by atoms with Crippen molar-refractivity contribution in [2.75, 3.05) is 12.3 Å². The van der Waals surface area contributed by atoms with Crippen LogP contribution in [0.3, 0.4) is 0 Å². The van der Waals surface area contributed by atoms with Gasteiger partial charge >= 0.3 is 0 Å². The second-order valence-corrected chi connectivity index (χ2v) is 2.26. The molecule has 1 aromatic heterocycles. The largest absolute Gasteiger partial charge is 0.478 e. The maximum absolute atomic E-state index is 5.63. The summed E-state index contributed by atoms with van der Waals surface area (Å²) in [4.78, 5) is 4.03. The molecular formula is C8H12N2O. The Labute approximate surface area is 66.2 Å². The maximum atomic E-state index is 5.63. The van der Waals surface area contributed by atoms with Crippen molar-refractivity contribution in [3.05, 3.63) is 17.8 Å². The first kappa shape index (κ1) is 7.85. The zero-order valence-electron chi connectivity index (χ0n) is 6.79. The van der Waals surface area contributed by atoms with Crippen LogP contribution in [-0.4, -0.2) is 11.6 Å². The minimum Gasteiger partial charge on any atom is -0.478 e. The Morgan fingerprint density at radius 1 is 1.64 bits per heavy atom. The molecule has 0 radical (unpaired) electrons. The number of aromatic nitrogens is 1. The van der Waals surface area contributed by atoms with Gasteiger partial charge in [0, 0.05) is 17.4 Å². The van der Waals surface area contributed by atoms with Crippen LogP contribution < -0.4 is 10.5 Å². The van der Waals surface area contributed by atoms with E-state index in [-0.39, 0.29) is 0 Å². The molecule has 0 aliphatic heterocycles. The number of rotatable bonds is 2. The van der Waals surface area contributed by atoms with Crippen LogP contribution in [0.15, 0.2) is 12.3 Å². The Morgan fingerprint density at radius 2 is 2.36 bits per heavy atom. The SMILES string of the molecule is CCOc1nccc(N)c1C. The molecule has 0 aliphatic carbocycles. The fourth-order valence-corrected chi connectivity index (χ4v) is 0.813. The van der Waals surface area contributed by atoms with E-state index in [0.29, 0.717) is 12.5 Å². The first-order valence-corrected chi connectivity index (χ1v) is 3.59. The van der Waals surface area contributed by atoms with Gasteiger partial charge in [0.1, 0.15) is 0 Å². The molecule has 0 amide bonds. The standard InChI is InChI=1S/C8H12N2O/c1-3-11-8-6(2)7(9)4-5-10-8/h4-5H,3H2,1-2H3,(H2,9,10). The fraction of sp³-hybridized carbons (Fsp3) is 0.375. The first-order valence-electron chi connectivity index (χ1n) is 3.59. The van der Waals surface area contributed by atoms with Crippen LogP contribution in [0.2, 0.25) is 0 Å². The van der Waals surface area contributed by atoms with E-state index in [1.165, 1.54) is 0 Å². The third-order valence-electron chi connectivity index (χ3n) is 1.48. The van der Waals surface area contributed by atoms with E-state index in [1.54, 1.807) is 12.3 Å². The van der Waals surface area contributed by atoms with E-state index in [9.17, 15) is 0 Å². The normalized spacial score (nSPS) is 9.64. The minimum atomic E-state index is 0.622. The lowest BCUT2D eigenvalue weighted by Gasteiger charge is -2.06. The van der Waals surface area contributed by atoms with Crippen LogP contribution in [0.25, 0.3) is 0 Å². The molecule has 0 unspecified atom stereocenters. The van der Waals surface area contributed by atoms with E-state index < -0.39 is 0 Å². The van der Waals surface area contributed by atoms with Crippen molar-refractivity contribution in [3.8, 4) is 5.88 Å². The first-order chi connectivity index (χ1) is 5.25. The predicted molar refractivity (Wildman–Crippen MR) is 44.6 cm³/mol. The van der Waals surface area contributed by atoms with E-state index >= 15 is 0 Å². The van der Waals surface area contributed by atoms with Crippen LogP contribution in [0, 0.1) is 6.92 Å². The second kappa shape index (κ2) is 3.23. The highest BCUT2D eigenvalue weighted by Crippen LogP contribution is 2.19. The number of nitrogens with zero attached hydrogens (tertiary/aromatic N) is 1. The van der Waals surface area contributed by atoms with Gasteiger partial charge in [-0.25, -0.2) is 4.98 Å². The van der Waals surface area contributed by atoms with E-state index in [4.69, 9.17) is 10.5 Å². The van der Waals surface area contributed by atoms with Crippen LogP contribution in [-0.2, 0) is 0 Å². The van der Waals surface area contributed by atoms with Crippen molar-refractivity contribution >= 4 is 5.69 Å². The summed E-state index contributed by atoms with van der Waals surface area (Å²) in [7, 11) is 0. The van der Waals surface area contributed by atoms with Crippen molar-refractivity contribution in [2.24, 2.45) is 0 Å². The lowest BCUT2D eigenvalue weighted by molar-refractivity contribution is 0.324. The summed E-state index contributed by atoms with van der Waals surface area (Å²) in [6, 6.07) is 1.76. The molecular weight excluding hydrogens is 140 g/mol. The average molecular weight is 152 g/mol. The van der Waals surface area contributed by atoms with Crippen LogP contribution in [0.5, 0.6) is 5.88 Å². The molecule has 11 heavy (non-hydrogen) atoms.